The van der Waals surface area contributed by atoms with Crippen molar-refractivity contribution >= 4 is 11.6 Å². The van der Waals surface area contributed by atoms with Gasteiger partial charge in [-0.3, -0.25) is 4.40 Å². The van der Waals surface area contributed by atoms with Crippen LogP contribution < -0.4 is 5.48 Å². The molecule has 0 aliphatic carbocycles. The molecule has 3 rings (SSSR count). The molecule has 1 aliphatic rings. The molecule has 0 fully saturated rings. The molecule has 0 N–H and O–H groups in total. The SMILES string of the molecule is Cc1nc2n3c(nc(C)c13)=CCC2. The van der Waals surface area contributed by atoms with Gasteiger partial charge in [-0.15, -0.1) is 0 Å². The van der Waals surface area contributed by atoms with Crippen LogP contribution in [0.1, 0.15) is 23.6 Å². The van der Waals surface area contributed by atoms with Crippen LogP contribution in [0.3, 0.4) is 0 Å². The van der Waals surface area contributed by atoms with Gasteiger partial charge in [-0.1, -0.05) is 0 Å². The highest BCUT2D eigenvalue weighted by Crippen LogP contribution is 2.16. The summed E-state index contributed by atoms with van der Waals surface area (Å²) < 4.78 is 2.19. The first kappa shape index (κ1) is 7.06. The smallest absolute Gasteiger partial charge is 0.134 e. The molecule has 3 heterocycles. The molecule has 0 amide bonds. The Kier molecular flexibility index (Phi) is 1.14. The first-order valence-electron chi connectivity index (χ1n) is 4.62. The molecule has 0 unspecified atom stereocenters. The van der Waals surface area contributed by atoms with E-state index in [4.69, 9.17) is 0 Å². The minimum Gasteiger partial charge on any atom is -0.279 e. The molecule has 0 spiro atoms. The molecule has 1 aliphatic heterocycles. The van der Waals surface area contributed by atoms with Gasteiger partial charge in [0.05, 0.1) is 16.9 Å². The van der Waals surface area contributed by atoms with Crippen molar-refractivity contribution in [3.8, 4) is 0 Å². The second-order valence-corrected chi connectivity index (χ2v) is 3.60. The normalized spacial score (nSPS) is 14.9. The lowest BCUT2D eigenvalue weighted by Crippen LogP contribution is -2.17. The Morgan fingerprint density at radius 1 is 1.23 bits per heavy atom. The van der Waals surface area contributed by atoms with E-state index in [-0.39, 0.29) is 0 Å². The monoisotopic (exact) mass is 173 g/mol. The first-order valence-corrected chi connectivity index (χ1v) is 4.62. The lowest BCUT2D eigenvalue weighted by atomic mass is 10.2. The van der Waals surface area contributed by atoms with Crippen LogP contribution in [0.5, 0.6) is 0 Å². The van der Waals surface area contributed by atoms with Crippen molar-refractivity contribution in [1.82, 2.24) is 14.4 Å². The van der Waals surface area contributed by atoms with Crippen molar-refractivity contribution < 1.29 is 0 Å². The van der Waals surface area contributed by atoms with Gasteiger partial charge in [0, 0.05) is 6.42 Å². The summed E-state index contributed by atoms with van der Waals surface area (Å²) in [4.78, 5) is 9.05. The van der Waals surface area contributed by atoms with Crippen LogP contribution in [-0.2, 0) is 6.42 Å². The third kappa shape index (κ3) is 0.742. The standard InChI is InChI=1S/C10H11N3/c1-6-10-7(2)12-9-5-3-4-8(11-6)13(9)10/h4H,3,5H2,1-2H3. The van der Waals surface area contributed by atoms with Crippen molar-refractivity contribution in [3.05, 3.63) is 22.7 Å². The number of aromatic nitrogens is 3. The molecule has 0 radical (unpaired) electrons. The zero-order chi connectivity index (χ0) is 9.00. The zero-order valence-electron chi connectivity index (χ0n) is 7.83. The van der Waals surface area contributed by atoms with Crippen molar-refractivity contribution in [2.24, 2.45) is 0 Å². The van der Waals surface area contributed by atoms with Gasteiger partial charge in [-0.05, 0) is 26.3 Å². The Labute approximate surface area is 76.1 Å². The number of hydrogen-bond acceptors (Lipinski definition) is 2. The van der Waals surface area contributed by atoms with Crippen molar-refractivity contribution in [2.45, 2.75) is 26.7 Å². The summed E-state index contributed by atoms with van der Waals surface area (Å²) in [6.45, 7) is 4.11. The Balaban J connectivity index is 2.65. The third-order valence-corrected chi connectivity index (χ3v) is 2.67. The van der Waals surface area contributed by atoms with Crippen LogP contribution in [0.2, 0.25) is 0 Å². The highest BCUT2D eigenvalue weighted by Gasteiger charge is 2.15. The minimum absolute atomic E-state index is 1.05. The molecule has 0 atom stereocenters. The van der Waals surface area contributed by atoms with Gasteiger partial charge in [0.2, 0.25) is 0 Å². The fourth-order valence-electron chi connectivity index (χ4n) is 2.17. The molecule has 3 nitrogen and oxygen atoms in total. The lowest BCUT2D eigenvalue weighted by Gasteiger charge is -2.00. The summed E-state index contributed by atoms with van der Waals surface area (Å²) in [5.74, 6) is 1.17. The topological polar surface area (TPSA) is 30.2 Å². The van der Waals surface area contributed by atoms with Gasteiger partial charge in [0.25, 0.3) is 0 Å². The third-order valence-electron chi connectivity index (χ3n) is 2.67. The average molecular weight is 173 g/mol. The maximum atomic E-state index is 4.54. The molecule has 0 aromatic carbocycles. The summed E-state index contributed by atoms with van der Waals surface area (Å²) in [6.07, 6.45) is 4.31. The molecular weight excluding hydrogens is 162 g/mol. The number of hydrogen-bond donors (Lipinski definition) is 0. The fourth-order valence-corrected chi connectivity index (χ4v) is 2.17. The van der Waals surface area contributed by atoms with E-state index in [1.54, 1.807) is 0 Å². The second-order valence-electron chi connectivity index (χ2n) is 3.60. The summed E-state index contributed by atoms with van der Waals surface area (Å²) >= 11 is 0. The molecule has 2 aromatic heterocycles. The lowest BCUT2D eigenvalue weighted by molar-refractivity contribution is 0.831. The van der Waals surface area contributed by atoms with E-state index in [1.165, 1.54) is 11.3 Å². The van der Waals surface area contributed by atoms with Crippen LogP contribution >= 0.6 is 0 Å². The highest BCUT2D eigenvalue weighted by molar-refractivity contribution is 5.58. The van der Waals surface area contributed by atoms with E-state index in [9.17, 15) is 0 Å². The van der Waals surface area contributed by atoms with E-state index in [0.717, 1.165) is 29.7 Å². The van der Waals surface area contributed by atoms with Crippen LogP contribution in [0.15, 0.2) is 0 Å². The van der Waals surface area contributed by atoms with Crippen LogP contribution in [0.4, 0.5) is 0 Å². The molecule has 66 valence electrons. The molecule has 2 aromatic rings. The quantitative estimate of drug-likeness (QED) is 0.589. The number of aryl methyl sites for hydroxylation is 3. The van der Waals surface area contributed by atoms with Gasteiger partial charge in [0.15, 0.2) is 0 Å². The van der Waals surface area contributed by atoms with Crippen molar-refractivity contribution in [3.63, 3.8) is 0 Å². The number of rotatable bonds is 0. The molecule has 3 heteroatoms. The van der Waals surface area contributed by atoms with E-state index in [0.29, 0.717) is 0 Å². The fraction of sp³-hybridized carbons (Fsp3) is 0.400. The summed E-state index contributed by atoms with van der Waals surface area (Å²) in [5.41, 5.74) is 4.50. The Bertz CT molecular complexity index is 536. The zero-order valence-corrected chi connectivity index (χ0v) is 7.83. The minimum atomic E-state index is 1.05. The van der Waals surface area contributed by atoms with Gasteiger partial charge in [-0.2, -0.15) is 0 Å². The van der Waals surface area contributed by atoms with E-state index >= 15 is 0 Å². The molecule has 0 bridgehead atoms. The maximum Gasteiger partial charge on any atom is 0.134 e. The molecule has 0 saturated heterocycles. The van der Waals surface area contributed by atoms with Crippen LogP contribution in [0.25, 0.3) is 11.6 Å². The number of imidazole rings is 2. The van der Waals surface area contributed by atoms with E-state index in [2.05, 4.69) is 34.3 Å². The maximum absolute atomic E-state index is 4.54. The number of nitrogens with zero attached hydrogens (tertiary/aromatic N) is 3. The predicted octanol–water partition coefficient (Wildman–Crippen LogP) is 0.792. The molecule has 13 heavy (non-hydrogen) atoms. The summed E-state index contributed by atoms with van der Waals surface area (Å²) in [7, 11) is 0. The largest absolute Gasteiger partial charge is 0.279 e. The van der Waals surface area contributed by atoms with Crippen LogP contribution in [0, 0.1) is 13.8 Å². The molecule has 0 saturated carbocycles. The highest BCUT2D eigenvalue weighted by atomic mass is 15.1. The van der Waals surface area contributed by atoms with Gasteiger partial charge < -0.3 is 0 Å². The van der Waals surface area contributed by atoms with E-state index in [1.807, 2.05) is 0 Å². The predicted molar refractivity (Wildman–Crippen MR) is 50.5 cm³/mol. The van der Waals surface area contributed by atoms with Gasteiger partial charge >= 0.3 is 0 Å². The Morgan fingerprint density at radius 2 is 2.00 bits per heavy atom. The Morgan fingerprint density at radius 3 is 2.85 bits per heavy atom. The molecular formula is C10H11N3. The van der Waals surface area contributed by atoms with Crippen LogP contribution in [-0.4, -0.2) is 14.4 Å². The average Bonchev–Trinajstić information content (AvgIpc) is 2.57. The van der Waals surface area contributed by atoms with Gasteiger partial charge in [0.1, 0.15) is 11.3 Å². The Hall–Kier alpha value is -1.38. The summed E-state index contributed by atoms with van der Waals surface area (Å²) in [5, 5.41) is 0. The summed E-state index contributed by atoms with van der Waals surface area (Å²) in [6, 6.07) is 0. The van der Waals surface area contributed by atoms with Crippen molar-refractivity contribution in [2.75, 3.05) is 0 Å². The second kappa shape index (κ2) is 2.10. The van der Waals surface area contributed by atoms with Crippen molar-refractivity contribution in [1.29, 1.82) is 0 Å². The first-order chi connectivity index (χ1) is 6.27. The van der Waals surface area contributed by atoms with E-state index < -0.39 is 0 Å². The van der Waals surface area contributed by atoms with Gasteiger partial charge in [-0.25, -0.2) is 9.97 Å².